The summed E-state index contributed by atoms with van der Waals surface area (Å²) in [6.45, 7) is 2.49. The summed E-state index contributed by atoms with van der Waals surface area (Å²) >= 11 is 0. The van der Waals surface area contributed by atoms with E-state index < -0.39 is 0 Å². The van der Waals surface area contributed by atoms with Gasteiger partial charge in [0.15, 0.2) is 0 Å². The maximum absolute atomic E-state index is 2.55. The van der Waals surface area contributed by atoms with E-state index in [0.717, 1.165) is 17.8 Å². The van der Waals surface area contributed by atoms with E-state index in [1.165, 1.54) is 32.1 Å². The van der Waals surface area contributed by atoms with Crippen LogP contribution in [0.1, 0.15) is 39.0 Å². The predicted molar refractivity (Wildman–Crippen MR) is 59.9 cm³/mol. The normalized spacial score (nSPS) is 50.2. The smallest absolute Gasteiger partial charge is 0.00497 e. The van der Waals surface area contributed by atoms with Crippen LogP contribution in [0.15, 0.2) is 24.3 Å². The van der Waals surface area contributed by atoms with E-state index in [2.05, 4.69) is 31.2 Å². The minimum absolute atomic E-state index is 0.514. The largest absolute Gasteiger partial charge is 0.0880 e. The van der Waals surface area contributed by atoms with E-state index in [0.29, 0.717) is 5.41 Å². The molecule has 14 heavy (non-hydrogen) atoms. The summed E-state index contributed by atoms with van der Waals surface area (Å²) in [6, 6.07) is 0. The van der Waals surface area contributed by atoms with Gasteiger partial charge in [-0.2, -0.15) is 0 Å². The topological polar surface area (TPSA) is 0 Å². The quantitative estimate of drug-likeness (QED) is 0.505. The molecule has 0 spiro atoms. The highest BCUT2D eigenvalue weighted by molar-refractivity contribution is 5.23. The van der Waals surface area contributed by atoms with Crippen LogP contribution in [-0.4, -0.2) is 0 Å². The minimum atomic E-state index is 0.514. The van der Waals surface area contributed by atoms with Crippen LogP contribution in [0, 0.1) is 23.2 Å². The SMILES string of the molecule is CC12C=CCCCCC1C1C=CC2C1. The second-order valence-corrected chi connectivity index (χ2v) is 5.55. The number of rotatable bonds is 0. The Morgan fingerprint density at radius 1 is 1.21 bits per heavy atom. The molecule has 3 aliphatic rings. The third kappa shape index (κ3) is 1.06. The standard InChI is InChI=1S/C14H20/c1-14-9-5-3-2-4-6-13(14)11-7-8-12(14)10-11/h5,7-9,11-13H,2-4,6,10H2,1H3. The van der Waals surface area contributed by atoms with Crippen molar-refractivity contribution in [1.82, 2.24) is 0 Å². The van der Waals surface area contributed by atoms with Gasteiger partial charge in [-0.25, -0.2) is 0 Å². The fourth-order valence-corrected chi connectivity index (χ4v) is 3.96. The molecule has 1 saturated carbocycles. The van der Waals surface area contributed by atoms with Gasteiger partial charge < -0.3 is 0 Å². The molecule has 0 saturated heterocycles. The molecule has 0 aromatic rings. The fourth-order valence-electron chi connectivity index (χ4n) is 3.96. The predicted octanol–water partition coefficient (Wildman–Crippen LogP) is 3.95. The van der Waals surface area contributed by atoms with Crippen molar-refractivity contribution < 1.29 is 0 Å². The molecule has 0 amide bonds. The third-order valence-electron chi connectivity index (χ3n) is 4.84. The molecular weight excluding hydrogens is 168 g/mol. The molecule has 3 aliphatic carbocycles. The molecule has 3 rings (SSSR count). The third-order valence-corrected chi connectivity index (χ3v) is 4.84. The number of allylic oxidation sites excluding steroid dienone is 4. The van der Waals surface area contributed by atoms with E-state index in [4.69, 9.17) is 0 Å². The fraction of sp³-hybridized carbons (Fsp3) is 0.714. The zero-order valence-corrected chi connectivity index (χ0v) is 9.08. The lowest BCUT2D eigenvalue weighted by Crippen LogP contribution is -2.30. The number of hydrogen-bond acceptors (Lipinski definition) is 0. The Bertz CT molecular complexity index is 286. The van der Waals surface area contributed by atoms with Gasteiger partial charge in [0.1, 0.15) is 0 Å². The van der Waals surface area contributed by atoms with Gasteiger partial charge in [0, 0.05) is 0 Å². The summed E-state index contributed by atoms with van der Waals surface area (Å²) in [5.74, 6) is 2.72. The first-order chi connectivity index (χ1) is 6.81. The number of hydrogen-bond donors (Lipinski definition) is 0. The van der Waals surface area contributed by atoms with Crippen molar-refractivity contribution in [3.05, 3.63) is 24.3 Å². The zero-order valence-electron chi connectivity index (χ0n) is 9.08. The van der Waals surface area contributed by atoms with Crippen LogP contribution < -0.4 is 0 Å². The van der Waals surface area contributed by atoms with Crippen molar-refractivity contribution in [2.45, 2.75) is 39.0 Å². The highest BCUT2D eigenvalue weighted by Gasteiger charge is 2.50. The van der Waals surface area contributed by atoms with Gasteiger partial charge in [-0.15, -0.1) is 0 Å². The highest BCUT2D eigenvalue weighted by atomic mass is 14.5. The monoisotopic (exact) mass is 188 g/mol. The summed E-state index contributed by atoms with van der Waals surface area (Å²) in [5.41, 5.74) is 0.514. The van der Waals surface area contributed by atoms with Crippen molar-refractivity contribution in [2.75, 3.05) is 0 Å². The summed E-state index contributed by atoms with van der Waals surface area (Å²) in [5, 5.41) is 0. The van der Waals surface area contributed by atoms with Crippen molar-refractivity contribution in [3.63, 3.8) is 0 Å². The summed E-state index contributed by atoms with van der Waals surface area (Å²) in [4.78, 5) is 0. The van der Waals surface area contributed by atoms with Gasteiger partial charge in [-0.05, 0) is 48.9 Å². The van der Waals surface area contributed by atoms with E-state index in [1.807, 2.05) is 0 Å². The van der Waals surface area contributed by atoms with E-state index in [1.54, 1.807) is 0 Å². The first-order valence-electron chi connectivity index (χ1n) is 6.17. The molecular formula is C14H20. The van der Waals surface area contributed by atoms with Crippen LogP contribution in [0.2, 0.25) is 0 Å². The van der Waals surface area contributed by atoms with Gasteiger partial charge in [-0.3, -0.25) is 0 Å². The molecule has 0 heterocycles. The lowest BCUT2D eigenvalue weighted by Gasteiger charge is -2.37. The number of fused-ring (bicyclic) bond motifs is 5. The Morgan fingerprint density at radius 3 is 3.07 bits per heavy atom. The Morgan fingerprint density at radius 2 is 2.14 bits per heavy atom. The van der Waals surface area contributed by atoms with Gasteiger partial charge >= 0.3 is 0 Å². The maximum Gasteiger partial charge on any atom is -0.00497 e. The summed E-state index contributed by atoms with van der Waals surface area (Å²) in [7, 11) is 0. The Labute approximate surface area is 87.1 Å². The lowest BCUT2D eigenvalue weighted by molar-refractivity contribution is 0.210. The van der Waals surface area contributed by atoms with Crippen LogP contribution in [0.5, 0.6) is 0 Å². The van der Waals surface area contributed by atoms with E-state index in [-0.39, 0.29) is 0 Å². The van der Waals surface area contributed by atoms with Crippen LogP contribution in [0.25, 0.3) is 0 Å². The second-order valence-electron chi connectivity index (χ2n) is 5.55. The molecule has 4 unspecified atom stereocenters. The van der Waals surface area contributed by atoms with E-state index in [9.17, 15) is 0 Å². The molecule has 2 bridgehead atoms. The molecule has 76 valence electrons. The molecule has 0 heteroatoms. The summed E-state index contributed by atoms with van der Waals surface area (Å²) < 4.78 is 0. The zero-order chi connectivity index (χ0) is 9.60. The molecule has 1 fully saturated rings. The first kappa shape index (κ1) is 8.76. The molecule has 0 radical (unpaired) electrons. The van der Waals surface area contributed by atoms with Crippen LogP contribution in [0.3, 0.4) is 0 Å². The average Bonchev–Trinajstić information content (AvgIpc) is 2.68. The minimum Gasteiger partial charge on any atom is -0.0880 e. The van der Waals surface area contributed by atoms with Gasteiger partial charge in [0.25, 0.3) is 0 Å². The van der Waals surface area contributed by atoms with Gasteiger partial charge in [-0.1, -0.05) is 37.6 Å². The Hall–Kier alpha value is -0.520. The maximum atomic E-state index is 2.55. The molecule has 0 aromatic heterocycles. The van der Waals surface area contributed by atoms with Gasteiger partial charge in [0.05, 0.1) is 0 Å². The molecule has 4 atom stereocenters. The van der Waals surface area contributed by atoms with Crippen LogP contribution in [-0.2, 0) is 0 Å². The van der Waals surface area contributed by atoms with Crippen LogP contribution in [0.4, 0.5) is 0 Å². The summed E-state index contributed by atoms with van der Waals surface area (Å²) in [6.07, 6.45) is 17.0. The Balaban J connectivity index is 1.97. The van der Waals surface area contributed by atoms with Gasteiger partial charge in [0.2, 0.25) is 0 Å². The van der Waals surface area contributed by atoms with Crippen molar-refractivity contribution in [1.29, 1.82) is 0 Å². The van der Waals surface area contributed by atoms with Crippen molar-refractivity contribution in [2.24, 2.45) is 23.2 Å². The average molecular weight is 188 g/mol. The molecule has 0 nitrogen and oxygen atoms in total. The van der Waals surface area contributed by atoms with Crippen LogP contribution >= 0.6 is 0 Å². The highest BCUT2D eigenvalue weighted by Crippen LogP contribution is 2.58. The molecule has 0 aromatic carbocycles. The van der Waals surface area contributed by atoms with E-state index >= 15 is 0 Å². The van der Waals surface area contributed by atoms with Crippen molar-refractivity contribution >= 4 is 0 Å². The molecule has 0 aliphatic heterocycles. The second kappa shape index (κ2) is 2.98. The lowest BCUT2D eigenvalue weighted by atomic mass is 9.67. The molecule has 0 N–H and O–H groups in total. The van der Waals surface area contributed by atoms with Crippen molar-refractivity contribution in [3.8, 4) is 0 Å². The Kier molecular flexibility index (Phi) is 1.87. The first-order valence-corrected chi connectivity index (χ1v) is 6.17.